The highest BCUT2D eigenvalue weighted by atomic mass is 32.2. The number of hydrogen-bond acceptors (Lipinski definition) is 4. The quantitative estimate of drug-likeness (QED) is 0.553. The predicted molar refractivity (Wildman–Crippen MR) is 129 cm³/mol. The summed E-state index contributed by atoms with van der Waals surface area (Å²) in [5.41, 5.74) is 2.61. The summed E-state index contributed by atoms with van der Waals surface area (Å²) < 4.78 is 28.4. The van der Waals surface area contributed by atoms with Crippen LogP contribution in [0, 0.1) is 25.7 Å². The zero-order valence-corrected chi connectivity index (χ0v) is 20.6. The average Bonchev–Trinajstić information content (AvgIpc) is 2.66. The van der Waals surface area contributed by atoms with E-state index < -0.39 is 16.1 Å². The van der Waals surface area contributed by atoms with Crippen molar-refractivity contribution < 1.29 is 13.5 Å². The van der Waals surface area contributed by atoms with E-state index in [4.69, 9.17) is 0 Å². The number of anilines is 1. The van der Waals surface area contributed by atoms with Crippen LogP contribution in [0.4, 0.5) is 5.69 Å². The van der Waals surface area contributed by atoms with Crippen LogP contribution in [0.3, 0.4) is 0 Å². The second kappa shape index (κ2) is 11.1. The molecule has 0 bridgehead atoms. The average molecular weight is 447 g/mol. The van der Waals surface area contributed by atoms with Gasteiger partial charge in [-0.25, -0.2) is 8.42 Å². The Kier molecular flexibility index (Phi) is 9.10. The highest BCUT2D eigenvalue weighted by Crippen LogP contribution is 2.25. The monoisotopic (exact) mass is 446 g/mol. The van der Waals surface area contributed by atoms with Crippen molar-refractivity contribution in [2.75, 3.05) is 30.5 Å². The van der Waals surface area contributed by atoms with Gasteiger partial charge in [-0.05, 0) is 49.9 Å². The third kappa shape index (κ3) is 7.63. The van der Waals surface area contributed by atoms with Crippen molar-refractivity contribution in [3.63, 3.8) is 0 Å². The fourth-order valence-electron chi connectivity index (χ4n) is 3.69. The lowest BCUT2D eigenvalue weighted by atomic mass is 10.1. The second-order valence-electron chi connectivity index (χ2n) is 9.34. The maximum absolute atomic E-state index is 13.5. The summed E-state index contributed by atoms with van der Waals surface area (Å²) >= 11 is 0. The van der Waals surface area contributed by atoms with Crippen LogP contribution in [-0.4, -0.2) is 50.7 Å². The number of benzene rings is 2. The first-order valence-corrected chi connectivity index (χ1v) is 12.5. The lowest BCUT2D eigenvalue weighted by molar-refractivity contribution is 0.104. The summed E-state index contributed by atoms with van der Waals surface area (Å²) in [7, 11) is -3.81. The van der Waals surface area contributed by atoms with Gasteiger partial charge in [0.15, 0.2) is 0 Å². The molecule has 0 aliphatic carbocycles. The number of sulfonamides is 1. The molecule has 0 aliphatic rings. The molecule has 0 heterocycles. The van der Waals surface area contributed by atoms with Gasteiger partial charge < -0.3 is 10.0 Å². The Morgan fingerprint density at radius 1 is 0.742 bits per heavy atom. The van der Waals surface area contributed by atoms with E-state index in [1.54, 1.807) is 36.4 Å². The van der Waals surface area contributed by atoms with Crippen molar-refractivity contribution in [2.24, 2.45) is 11.8 Å². The number of aliphatic hydroxyl groups is 1. The van der Waals surface area contributed by atoms with Crippen molar-refractivity contribution in [2.45, 2.75) is 52.5 Å². The lowest BCUT2D eigenvalue weighted by Crippen LogP contribution is -2.44. The van der Waals surface area contributed by atoms with Crippen LogP contribution < -0.4 is 4.31 Å². The number of hydrogen-bond donors (Lipinski definition) is 1. The van der Waals surface area contributed by atoms with Gasteiger partial charge >= 0.3 is 0 Å². The van der Waals surface area contributed by atoms with Crippen molar-refractivity contribution in [1.82, 2.24) is 4.90 Å². The third-order valence-corrected chi connectivity index (χ3v) is 6.83. The van der Waals surface area contributed by atoms with Gasteiger partial charge in [-0.2, -0.15) is 0 Å². The third-order valence-electron chi connectivity index (χ3n) is 5.02. The first kappa shape index (κ1) is 25.4. The van der Waals surface area contributed by atoms with E-state index in [2.05, 4.69) is 32.6 Å². The summed E-state index contributed by atoms with van der Waals surface area (Å²) in [6.07, 6.45) is -0.806. The lowest BCUT2D eigenvalue weighted by Gasteiger charge is -2.31. The first-order chi connectivity index (χ1) is 14.5. The van der Waals surface area contributed by atoms with Crippen LogP contribution in [0.25, 0.3) is 0 Å². The molecule has 2 rings (SSSR count). The Labute approximate surface area is 188 Å². The molecule has 1 atom stereocenters. The Bertz CT molecular complexity index is 897. The molecular formula is C25H38N2O3S. The Morgan fingerprint density at radius 3 is 1.65 bits per heavy atom. The van der Waals surface area contributed by atoms with Crippen molar-refractivity contribution in [3.8, 4) is 0 Å². The van der Waals surface area contributed by atoms with Gasteiger partial charge in [-0.1, -0.05) is 63.1 Å². The van der Waals surface area contributed by atoms with E-state index >= 15 is 0 Å². The van der Waals surface area contributed by atoms with E-state index in [0.29, 0.717) is 24.1 Å². The fraction of sp³-hybridized carbons (Fsp3) is 0.520. The minimum absolute atomic E-state index is 0.00591. The van der Waals surface area contributed by atoms with Gasteiger partial charge in [0.2, 0.25) is 0 Å². The minimum atomic E-state index is -3.81. The molecule has 2 aromatic carbocycles. The zero-order valence-electron chi connectivity index (χ0n) is 19.7. The number of rotatable bonds is 11. The molecule has 31 heavy (non-hydrogen) atoms. The Balaban J connectivity index is 2.32. The van der Waals surface area contributed by atoms with Crippen LogP contribution >= 0.6 is 0 Å². The maximum atomic E-state index is 13.5. The van der Waals surface area contributed by atoms with E-state index in [0.717, 1.165) is 24.2 Å². The van der Waals surface area contributed by atoms with Crippen LogP contribution in [0.1, 0.15) is 38.8 Å². The smallest absolute Gasteiger partial charge is 0.264 e. The molecule has 0 aromatic heterocycles. The van der Waals surface area contributed by atoms with Crippen LogP contribution in [0.5, 0.6) is 0 Å². The summed E-state index contributed by atoms with van der Waals surface area (Å²) in [6.45, 7) is 14.7. The molecule has 0 aliphatic heterocycles. The molecular weight excluding hydrogens is 408 g/mol. The number of aryl methyl sites for hydroxylation is 2. The highest BCUT2D eigenvalue weighted by molar-refractivity contribution is 7.92. The number of nitrogens with zero attached hydrogens (tertiary/aromatic N) is 2. The SMILES string of the molecule is Cc1ccc(N(CC(O)CN(CC(C)C)CC(C)C)S(=O)(=O)c2ccc(C)cc2)cc1. The topological polar surface area (TPSA) is 60.9 Å². The zero-order chi connectivity index (χ0) is 23.2. The van der Waals surface area contributed by atoms with Gasteiger partial charge in [0, 0.05) is 19.6 Å². The normalized spacial score (nSPS) is 13.2. The van der Waals surface area contributed by atoms with E-state index in [9.17, 15) is 13.5 Å². The van der Waals surface area contributed by atoms with Crippen molar-refractivity contribution in [3.05, 3.63) is 59.7 Å². The molecule has 0 radical (unpaired) electrons. The van der Waals surface area contributed by atoms with E-state index in [-0.39, 0.29) is 11.4 Å². The van der Waals surface area contributed by atoms with Gasteiger partial charge in [0.1, 0.15) is 0 Å². The Hall–Kier alpha value is -1.89. The molecule has 6 heteroatoms. The number of aliphatic hydroxyl groups excluding tert-OH is 1. The Morgan fingerprint density at radius 2 is 1.19 bits per heavy atom. The van der Waals surface area contributed by atoms with Crippen molar-refractivity contribution >= 4 is 15.7 Å². The summed E-state index contributed by atoms with van der Waals surface area (Å²) in [5, 5.41) is 10.9. The van der Waals surface area contributed by atoms with E-state index in [1.165, 1.54) is 4.31 Å². The molecule has 0 saturated heterocycles. The summed E-state index contributed by atoms with van der Waals surface area (Å²) in [5.74, 6) is 0.936. The molecule has 1 N–H and O–H groups in total. The molecule has 0 fully saturated rings. The standard InChI is InChI=1S/C25H38N2O3S/c1-19(2)15-26(16-20(3)4)17-24(28)18-27(23-11-7-21(5)8-12-23)31(29,30)25-13-9-22(6)10-14-25/h7-14,19-20,24,28H,15-18H2,1-6H3. The molecule has 0 spiro atoms. The highest BCUT2D eigenvalue weighted by Gasteiger charge is 2.28. The van der Waals surface area contributed by atoms with Gasteiger partial charge in [-0.3, -0.25) is 4.31 Å². The maximum Gasteiger partial charge on any atom is 0.264 e. The van der Waals surface area contributed by atoms with Gasteiger partial charge in [0.25, 0.3) is 10.0 Å². The molecule has 1 unspecified atom stereocenters. The van der Waals surface area contributed by atoms with E-state index in [1.807, 2.05) is 26.0 Å². The fourth-order valence-corrected chi connectivity index (χ4v) is 5.20. The summed E-state index contributed by atoms with van der Waals surface area (Å²) in [4.78, 5) is 2.46. The van der Waals surface area contributed by atoms with Crippen LogP contribution in [0.15, 0.2) is 53.4 Å². The predicted octanol–water partition coefficient (Wildman–Crippen LogP) is 4.47. The molecule has 0 saturated carbocycles. The first-order valence-electron chi connectivity index (χ1n) is 11.1. The van der Waals surface area contributed by atoms with Gasteiger partial charge in [-0.15, -0.1) is 0 Å². The largest absolute Gasteiger partial charge is 0.390 e. The molecule has 5 nitrogen and oxygen atoms in total. The van der Waals surface area contributed by atoms with Crippen molar-refractivity contribution in [1.29, 1.82) is 0 Å². The molecule has 0 amide bonds. The molecule has 2 aromatic rings. The molecule has 172 valence electrons. The second-order valence-corrected chi connectivity index (χ2v) is 11.2. The minimum Gasteiger partial charge on any atom is -0.390 e. The summed E-state index contributed by atoms with van der Waals surface area (Å²) in [6, 6.07) is 14.2. The van der Waals surface area contributed by atoms with Crippen LogP contribution in [-0.2, 0) is 10.0 Å². The van der Waals surface area contributed by atoms with Gasteiger partial charge in [0.05, 0.1) is 23.2 Å². The van der Waals surface area contributed by atoms with Crippen LogP contribution in [0.2, 0.25) is 0 Å².